The summed E-state index contributed by atoms with van der Waals surface area (Å²) in [6, 6.07) is 4.06. The first-order valence-electron chi connectivity index (χ1n) is 4.50. The molecule has 1 aliphatic heterocycles. The van der Waals surface area contributed by atoms with Crippen molar-refractivity contribution in [2.45, 2.75) is 13.3 Å². The maximum Gasteiger partial charge on any atom is 0.0884 e. The Kier molecular flexibility index (Phi) is 2.21. The van der Waals surface area contributed by atoms with Crippen molar-refractivity contribution in [2.24, 2.45) is 4.99 Å². The highest BCUT2D eigenvalue weighted by Gasteiger charge is 2.03. The lowest BCUT2D eigenvalue weighted by Gasteiger charge is -2.05. The van der Waals surface area contributed by atoms with E-state index in [1.165, 1.54) is 5.56 Å². The summed E-state index contributed by atoms with van der Waals surface area (Å²) in [6.45, 7) is 2.96. The quantitative estimate of drug-likeness (QED) is 0.637. The van der Waals surface area contributed by atoms with Gasteiger partial charge in [-0.25, -0.2) is 0 Å². The molecule has 0 atom stereocenters. The van der Waals surface area contributed by atoms with E-state index in [-0.39, 0.29) is 0 Å². The smallest absolute Gasteiger partial charge is 0.0884 e. The maximum absolute atomic E-state index is 4.41. The molecule has 0 N–H and O–H groups in total. The molecule has 2 heterocycles. The second-order valence-corrected chi connectivity index (χ2v) is 3.18. The Labute approximate surface area is 78.0 Å². The van der Waals surface area contributed by atoms with Crippen LogP contribution in [0.4, 0.5) is 0 Å². The highest BCUT2D eigenvalue weighted by Crippen LogP contribution is 2.06. The normalized spacial score (nSPS) is 15.6. The SMILES string of the molecule is Cc1ccnc(C2=NCCC=C2)c1. The third-order valence-electron chi connectivity index (χ3n) is 2.03. The van der Waals surface area contributed by atoms with Gasteiger partial charge in [-0.1, -0.05) is 6.08 Å². The number of aliphatic imine (C=N–C) groups is 1. The molecule has 1 aromatic rings. The van der Waals surface area contributed by atoms with Crippen molar-refractivity contribution in [3.05, 3.63) is 41.7 Å². The predicted molar refractivity (Wildman–Crippen MR) is 54.1 cm³/mol. The molecule has 2 rings (SSSR count). The number of aromatic nitrogens is 1. The zero-order valence-electron chi connectivity index (χ0n) is 7.70. The second kappa shape index (κ2) is 3.52. The van der Waals surface area contributed by atoms with Crippen LogP contribution in [0.5, 0.6) is 0 Å². The molecule has 13 heavy (non-hydrogen) atoms. The van der Waals surface area contributed by atoms with Crippen molar-refractivity contribution in [3.63, 3.8) is 0 Å². The Hall–Kier alpha value is -1.44. The van der Waals surface area contributed by atoms with E-state index < -0.39 is 0 Å². The van der Waals surface area contributed by atoms with Gasteiger partial charge in [-0.15, -0.1) is 0 Å². The Bertz CT molecular complexity index is 364. The number of dihydropyridines is 1. The summed E-state index contributed by atoms with van der Waals surface area (Å²) in [5.74, 6) is 0. The van der Waals surface area contributed by atoms with E-state index in [4.69, 9.17) is 0 Å². The van der Waals surface area contributed by atoms with Crippen LogP contribution in [-0.4, -0.2) is 17.2 Å². The predicted octanol–water partition coefficient (Wildman–Crippen LogP) is 2.14. The molecule has 0 fully saturated rings. The van der Waals surface area contributed by atoms with Gasteiger partial charge in [0.05, 0.1) is 11.4 Å². The minimum absolute atomic E-state index is 0.890. The van der Waals surface area contributed by atoms with Crippen molar-refractivity contribution >= 4 is 5.71 Å². The summed E-state index contributed by atoms with van der Waals surface area (Å²) >= 11 is 0. The van der Waals surface area contributed by atoms with Crippen molar-refractivity contribution in [2.75, 3.05) is 6.54 Å². The fourth-order valence-electron chi connectivity index (χ4n) is 1.35. The molecule has 0 aliphatic carbocycles. The molecule has 0 saturated heterocycles. The standard InChI is InChI=1S/C11H12N2/c1-9-5-7-13-11(8-9)10-4-2-3-6-12-10/h2,4-5,7-8H,3,6H2,1H3. The Morgan fingerprint density at radius 2 is 2.31 bits per heavy atom. The number of aryl methyl sites for hydroxylation is 1. The summed E-state index contributed by atoms with van der Waals surface area (Å²) in [5.41, 5.74) is 3.22. The van der Waals surface area contributed by atoms with Gasteiger partial charge < -0.3 is 0 Å². The lowest BCUT2D eigenvalue weighted by Crippen LogP contribution is -2.04. The van der Waals surface area contributed by atoms with Gasteiger partial charge >= 0.3 is 0 Å². The van der Waals surface area contributed by atoms with Gasteiger partial charge in [-0.3, -0.25) is 9.98 Å². The van der Waals surface area contributed by atoms with Crippen molar-refractivity contribution in [1.82, 2.24) is 4.98 Å². The minimum atomic E-state index is 0.890. The molecule has 0 spiro atoms. The van der Waals surface area contributed by atoms with Crippen LogP contribution in [0.15, 0.2) is 35.5 Å². The molecular weight excluding hydrogens is 160 g/mol. The number of pyridine rings is 1. The molecule has 0 unspecified atom stereocenters. The Balaban J connectivity index is 2.35. The van der Waals surface area contributed by atoms with E-state index in [0.717, 1.165) is 24.4 Å². The summed E-state index contributed by atoms with van der Waals surface area (Å²) in [6.07, 6.45) is 7.07. The number of hydrogen-bond donors (Lipinski definition) is 0. The second-order valence-electron chi connectivity index (χ2n) is 3.18. The number of nitrogens with zero attached hydrogens (tertiary/aromatic N) is 2. The Morgan fingerprint density at radius 3 is 3.00 bits per heavy atom. The Morgan fingerprint density at radius 1 is 1.38 bits per heavy atom. The van der Waals surface area contributed by atoms with Crippen LogP contribution in [0.1, 0.15) is 17.7 Å². The first-order chi connectivity index (χ1) is 6.36. The fraction of sp³-hybridized carbons (Fsp3) is 0.273. The van der Waals surface area contributed by atoms with Gasteiger partial charge in [0.25, 0.3) is 0 Å². The molecule has 2 heteroatoms. The van der Waals surface area contributed by atoms with Crippen LogP contribution >= 0.6 is 0 Å². The van der Waals surface area contributed by atoms with Crippen molar-refractivity contribution in [1.29, 1.82) is 0 Å². The zero-order valence-corrected chi connectivity index (χ0v) is 7.70. The van der Waals surface area contributed by atoms with E-state index in [9.17, 15) is 0 Å². The average Bonchev–Trinajstić information content (AvgIpc) is 2.19. The first kappa shape index (κ1) is 8.17. The van der Waals surface area contributed by atoms with E-state index >= 15 is 0 Å². The number of allylic oxidation sites excluding steroid dienone is 1. The largest absolute Gasteiger partial charge is 0.283 e. The van der Waals surface area contributed by atoms with Gasteiger partial charge in [-0.05, 0) is 37.1 Å². The molecule has 66 valence electrons. The lowest BCUT2D eigenvalue weighted by atomic mass is 10.1. The van der Waals surface area contributed by atoms with E-state index in [0.29, 0.717) is 0 Å². The van der Waals surface area contributed by atoms with E-state index in [1.54, 1.807) is 0 Å². The molecule has 0 radical (unpaired) electrons. The average molecular weight is 172 g/mol. The van der Waals surface area contributed by atoms with Crippen LogP contribution in [0.3, 0.4) is 0 Å². The van der Waals surface area contributed by atoms with Crippen LogP contribution in [-0.2, 0) is 0 Å². The number of rotatable bonds is 1. The van der Waals surface area contributed by atoms with Crippen LogP contribution < -0.4 is 0 Å². The third kappa shape index (κ3) is 1.83. The molecule has 0 saturated carbocycles. The molecule has 0 amide bonds. The fourth-order valence-corrected chi connectivity index (χ4v) is 1.35. The molecule has 1 aliphatic rings. The summed E-state index contributed by atoms with van der Waals surface area (Å²) in [7, 11) is 0. The van der Waals surface area contributed by atoms with Crippen LogP contribution in [0.2, 0.25) is 0 Å². The van der Waals surface area contributed by atoms with E-state index in [1.807, 2.05) is 18.3 Å². The van der Waals surface area contributed by atoms with Crippen molar-refractivity contribution < 1.29 is 0 Å². The lowest BCUT2D eigenvalue weighted by molar-refractivity contribution is 0.990. The van der Waals surface area contributed by atoms with Gasteiger partial charge in [0.1, 0.15) is 0 Å². The van der Waals surface area contributed by atoms with Gasteiger partial charge in [0, 0.05) is 12.7 Å². The molecule has 0 aromatic carbocycles. The summed E-state index contributed by atoms with van der Waals surface area (Å²) in [5, 5.41) is 0. The van der Waals surface area contributed by atoms with E-state index in [2.05, 4.69) is 29.0 Å². The maximum atomic E-state index is 4.41. The number of hydrogen-bond acceptors (Lipinski definition) is 2. The zero-order chi connectivity index (χ0) is 9.10. The minimum Gasteiger partial charge on any atom is -0.283 e. The first-order valence-corrected chi connectivity index (χ1v) is 4.50. The third-order valence-corrected chi connectivity index (χ3v) is 2.03. The van der Waals surface area contributed by atoms with Crippen molar-refractivity contribution in [3.8, 4) is 0 Å². The molecular formula is C11H12N2. The van der Waals surface area contributed by atoms with Gasteiger partial charge in [0.15, 0.2) is 0 Å². The molecule has 0 bridgehead atoms. The summed E-state index contributed by atoms with van der Waals surface area (Å²) < 4.78 is 0. The summed E-state index contributed by atoms with van der Waals surface area (Å²) in [4.78, 5) is 8.69. The molecule has 1 aromatic heterocycles. The van der Waals surface area contributed by atoms with Crippen LogP contribution in [0.25, 0.3) is 0 Å². The van der Waals surface area contributed by atoms with Gasteiger partial charge in [-0.2, -0.15) is 0 Å². The van der Waals surface area contributed by atoms with Gasteiger partial charge in [0.2, 0.25) is 0 Å². The highest BCUT2D eigenvalue weighted by molar-refractivity contribution is 6.07. The molecule has 2 nitrogen and oxygen atoms in total. The monoisotopic (exact) mass is 172 g/mol. The van der Waals surface area contributed by atoms with Crippen LogP contribution in [0, 0.1) is 6.92 Å². The topological polar surface area (TPSA) is 25.2 Å². The highest BCUT2D eigenvalue weighted by atomic mass is 14.8.